The van der Waals surface area contributed by atoms with Gasteiger partial charge in [0, 0.05) is 22.6 Å². The van der Waals surface area contributed by atoms with Crippen molar-refractivity contribution in [1.29, 1.82) is 0 Å². The number of benzene rings is 2. The molecule has 0 bridgehead atoms. The summed E-state index contributed by atoms with van der Waals surface area (Å²) in [7, 11) is 0. The zero-order valence-corrected chi connectivity index (χ0v) is 13.2. The van der Waals surface area contributed by atoms with Crippen molar-refractivity contribution in [2.45, 2.75) is 20.1 Å². The fourth-order valence-corrected chi connectivity index (χ4v) is 2.22. The van der Waals surface area contributed by atoms with E-state index in [1.54, 1.807) is 6.07 Å². The van der Waals surface area contributed by atoms with Gasteiger partial charge in [0.25, 0.3) is 0 Å². The fraction of sp³-hybridized carbons (Fsp3) is 0.250. The second-order valence-corrected chi connectivity index (χ2v) is 5.41. The Bertz CT molecular complexity index is 619. The number of hydrogen-bond acceptors (Lipinski definition) is 2. The van der Waals surface area contributed by atoms with E-state index < -0.39 is 11.6 Å². The van der Waals surface area contributed by atoms with Crippen LogP contribution in [0.1, 0.15) is 18.1 Å². The van der Waals surface area contributed by atoms with Crippen LogP contribution in [0.4, 0.5) is 8.78 Å². The second-order valence-electron chi connectivity index (χ2n) is 4.56. The van der Waals surface area contributed by atoms with Crippen LogP contribution in [0.25, 0.3) is 0 Å². The van der Waals surface area contributed by atoms with Gasteiger partial charge in [0.15, 0.2) is 0 Å². The average molecular weight is 356 g/mol. The molecule has 1 N–H and O–H groups in total. The van der Waals surface area contributed by atoms with Crippen LogP contribution in [0.5, 0.6) is 5.75 Å². The maximum atomic E-state index is 13.5. The van der Waals surface area contributed by atoms with Gasteiger partial charge in [0.1, 0.15) is 24.0 Å². The van der Waals surface area contributed by atoms with E-state index in [1.165, 1.54) is 12.1 Å². The molecular formula is C16H16BrF2NO. The molecule has 0 amide bonds. The lowest BCUT2D eigenvalue weighted by Gasteiger charge is -2.11. The largest absolute Gasteiger partial charge is 0.489 e. The second kappa shape index (κ2) is 7.52. The Balaban J connectivity index is 2.05. The van der Waals surface area contributed by atoms with Gasteiger partial charge >= 0.3 is 0 Å². The van der Waals surface area contributed by atoms with Gasteiger partial charge < -0.3 is 10.1 Å². The molecule has 112 valence electrons. The van der Waals surface area contributed by atoms with Crippen molar-refractivity contribution in [2.24, 2.45) is 0 Å². The van der Waals surface area contributed by atoms with Crippen LogP contribution in [0, 0.1) is 11.6 Å². The van der Waals surface area contributed by atoms with E-state index in [4.69, 9.17) is 4.74 Å². The third kappa shape index (κ3) is 4.51. The third-order valence-corrected chi connectivity index (χ3v) is 3.77. The predicted molar refractivity (Wildman–Crippen MR) is 82.2 cm³/mol. The highest BCUT2D eigenvalue weighted by Crippen LogP contribution is 2.23. The molecule has 0 aromatic heterocycles. The highest BCUT2D eigenvalue weighted by atomic mass is 79.9. The summed E-state index contributed by atoms with van der Waals surface area (Å²) in [5.41, 5.74) is 1.39. The zero-order chi connectivity index (χ0) is 15.2. The van der Waals surface area contributed by atoms with Gasteiger partial charge in [-0.2, -0.15) is 0 Å². The molecule has 0 spiro atoms. The number of rotatable bonds is 6. The van der Waals surface area contributed by atoms with Gasteiger partial charge in [-0.1, -0.05) is 22.9 Å². The first kappa shape index (κ1) is 15.9. The third-order valence-electron chi connectivity index (χ3n) is 2.99. The normalized spacial score (nSPS) is 10.7. The van der Waals surface area contributed by atoms with E-state index in [0.29, 0.717) is 11.3 Å². The molecule has 2 aromatic rings. The van der Waals surface area contributed by atoms with Gasteiger partial charge in [-0.25, -0.2) is 8.78 Å². The summed E-state index contributed by atoms with van der Waals surface area (Å²) in [6.45, 7) is 3.69. The Labute approximate surface area is 131 Å². The van der Waals surface area contributed by atoms with Crippen LogP contribution in [-0.4, -0.2) is 6.54 Å². The molecule has 0 radical (unpaired) electrons. The molecule has 0 aliphatic carbocycles. The van der Waals surface area contributed by atoms with Crippen molar-refractivity contribution in [3.8, 4) is 5.75 Å². The van der Waals surface area contributed by atoms with Crippen molar-refractivity contribution in [3.63, 3.8) is 0 Å². The average Bonchev–Trinajstić information content (AvgIpc) is 2.46. The fourth-order valence-electron chi connectivity index (χ4n) is 1.84. The maximum Gasteiger partial charge on any atom is 0.132 e. The molecular weight excluding hydrogens is 340 g/mol. The molecule has 2 nitrogen and oxygen atoms in total. The van der Waals surface area contributed by atoms with E-state index in [2.05, 4.69) is 21.2 Å². The number of hydrogen-bond donors (Lipinski definition) is 1. The van der Waals surface area contributed by atoms with E-state index >= 15 is 0 Å². The lowest BCUT2D eigenvalue weighted by atomic mass is 10.2. The number of ether oxygens (including phenoxy) is 1. The van der Waals surface area contributed by atoms with Crippen LogP contribution < -0.4 is 10.1 Å². The quantitative estimate of drug-likeness (QED) is 0.828. The number of halogens is 3. The lowest BCUT2D eigenvalue weighted by molar-refractivity contribution is 0.299. The molecule has 5 heteroatoms. The summed E-state index contributed by atoms with van der Waals surface area (Å²) >= 11 is 3.48. The molecule has 0 unspecified atom stereocenters. The van der Waals surface area contributed by atoms with Crippen molar-refractivity contribution in [2.75, 3.05) is 6.54 Å². The van der Waals surface area contributed by atoms with Gasteiger partial charge in [0.2, 0.25) is 0 Å². The molecule has 0 fully saturated rings. The van der Waals surface area contributed by atoms with Crippen molar-refractivity contribution in [1.82, 2.24) is 5.32 Å². The topological polar surface area (TPSA) is 21.3 Å². The summed E-state index contributed by atoms with van der Waals surface area (Å²) in [6.07, 6.45) is 0. The van der Waals surface area contributed by atoms with E-state index in [0.717, 1.165) is 29.2 Å². The summed E-state index contributed by atoms with van der Waals surface area (Å²) in [5, 5.41) is 3.23. The first-order valence-electron chi connectivity index (χ1n) is 6.66. The van der Waals surface area contributed by atoms with Crippen molar-refractivity contribution >= 4 is 15.9 Å². The standard InChI is InChI=1S/C16H16BrF2NO/c1-2-20-9-12-7-14(5-6-15(12)17)21-10-11-3-4-13(18)8-16(11)19/h3-8,20H,2,9-10H2,1H3. The molecule has 0 heterocycles. The Kier molecular flexibility index (Phi) is 5.70. The first-order valence-corrected chi connectivity index (χ1v) is 7.45. The molecule has 0 saturated carbocycles. The predicted octanol–water partition coefficient (Wildman–Crippen LogP) is 4.42. The molecule has 0 aliphatic heterocycles. The van der Waals surface area contributed by atoms with E-state index in [-0.39, 0.29) is 6.61 Å². The zero-order valence-electron chi connectivity index (χ0n) is 11.6. The van der Waals surface area contributed by atoms with Crippen molar-refractivity contribution in [3.05, 3.63) is 63.6 Å². The Hall–Kier alpha value is -1.46. The molecule has 2 aromatic carbocycles. The van der Waals surface area contributed by atoms with Gasteiger partial charge in [0.05, 0.1) is 0 Å². The Morgan fingerprint density at radius 3 is 2.62 bits per heavy atom. The molecule has 0 saturated heterocycles. The smallest absolute Gasteiger partial charge is 0.132 e. The van der Waals surface area contributed by atoms with Gasteiger partial charge in [-0.3, -0.25) is 0 Å². The monoisotopic (exact) mass is 355 g/mol. The highest BCUT2D eigenvalue weighted by molar-refractivity contribution is 9.10. The molecule has 0 aliphatic rings. The summed E-state index contributed by atoms with van der Waals surface area (Å²) < 4.78 is 32.9. The van der Waals surface area contributed by atoms with Crippen molar-refractivity contribution < 1.29 is 13.5 Å². The Morgan fingerprint density at radius 1 is 1.10 bits per heavy atom. The Morgan fingerprint density at radius 2 is 1.90 bits per heavy atom. The maximum absolute atomic E-state index is 13.5. The summed E-state index contributed by atoms with van der Waals surface area (Å²) in [6, 6.07) is 9.07. The van der Waals surface area contributed by atoms with Crippen LogP contribution in [0.15, 0.2) is 40.9 Å². The first-order chi connectivity index (χ1) is 10.1. The SMILES string of the molecule is CCNCc1cc(OCc2ccc(F)cc2F)ccc1Br. The highest BCUT2D eigenvalue weighted by Gasteiger charge is 2.06. The molecule has 2 rings (SSSR count). The van der Waals surface area contributed by atoms with Gasteiger partial charge in [-0.05, 0) is 42.4 Å². The minimum atomic E-state index is -0.597. The molecule has 21 heavy (non-hydrogen) atoms. The summed E-state index contributed by atoms with van der Waals surface area (Å²) in [5.74, 6) is -0.539. The van der Waals surface area contributed by atoms with Crippen LogP contribution in [0.2, 0.25) is 0 Å². The minimum absolute atomic E-state index is 0.0639. The van der Waals surface area contributed by atoms with Gasteiger partial charge in [-0.15, -0.1) is 0 Å². The van der Waals surface area contributed by atoms with Crippen LogP contribution in [-0.2, 0) is 13.2 Å². The lowest BCUT2D eigenvalue weighted by Crippen LogP contribution is -2.12. The molecule has 0 atom stereocenters. The van der Waals surface area contributed by atoms with E-state index in [9.17, 15) is 8.78 Å². The minimum Gasteiger partial charge on any atom is -0.489 e. The van der Waals surface area contributed by atoms with Crippen LogP contribution >= 0.6 is 15.9 Å². The van der Waals surface area contributed by atoms with E-state index in [1.807, 2.05) is 19.1 Å². The number of nitrogens with one attached hydrogen (secondary N) is 1. The summed E-state index contributed by atoms with van der Waals surface area (Å²) in [4.78, 5) is 0. The van der Waals surface area contributed by atoms with Crippen LogP contribution in [0.3, 0.4) is 0 Å².